The van der Waals surface area contributed by atoms with Crippen molar-refractivity contribution in [3.63, 3.8) is 0 Å². The maximum Gasteiger partial charge on any atom is 0.270 e. The van der Waals surface area contributed by atoms with Gasteiger partial charge >= 0.3 is 0 Å². The van der Waals surface area contributed by atoms with E-state index in [1.165, 1.54) is 12.1 Å². The van der Waals surface area contributed by atoms with E-state index in [0.29, 0.717) is 25.0 Å². The molecule has 5 rings (SSSR count). The Labute approximate surface area is 160 Å². The number of aromatic nitrogens is 1. The first kappa shape index (κ1) is 17.7. The van der Waals surface area contributed by atoms with Crippen LogP contribution in [0, 0.1) is 5.82 Å². The topological polar surface area (TPSA) is 80.3 Å². The Kier molecular flexibility index (Phi) is 4.26. The molecule has 0 atom stereocenters. The van der Waals surface area contributed by atoms with Crippen molar-refractivity contribution in [1.29, 1.82) is 0 Å². The molecule has 2 bridgehead atoms. The lowest BCUT2D eigenvalue weighted by molar-refractivity contribution is -0.141. The summed E-state index contributed by atoms with van der Waals surface area (Å²) in [5.74, 6) is -0.846. The molecule has 1 heterocycles. The number of hydrogen-bond donors (Lipinski definition) is 2. The quantitative estimate of drug-likeness (QED) is 0.795. The van der Waals surface area contributed by atoms with E-state index in [2.05, 4.69) is 15.6 Å². The van der Waals surface area contributed by atoms with Crippen LogP contribution in [0.2, 0.25) is 5.02 Å². The zero-order valence-electron chi connectivity index (χ0n) is 14.3. The van der Waals surface area contributed by atoms with Crippen molar-refractivity contribution in [3.8, 4) is 5.75 Å². The van der Waals surface area contributed by atoms with Crippen LogP contribution in [0.15, 0.2) is 42.6 Å². The van der Waals surface area contributed by atoms with Gasteiger partial charge in [-0.2, -0.15) is 0 Å². The van der Waals surface area contributed by atoms with E-state index in [9.17, 15) is 14.0 Å². The summed E-state index contributed by atoms with van der Waals surface area (Å²) < 4.78 is 18.7. The fourth-order valence-electron chi connectivity index (χ4n) is 3.90. The van der Waals surface area contributed by atoms with E-state index in [1.54, 1.807) is 24.4 Å². The van der Waals surface area contributed by atoms with Crippen LogP contribution in [0.5, 0.6) is 5.75 Å². The average Bonchev–Trinajstić information content (AvgIpc) is 2.60. The van der Waals surface area contributed by atoms with Crippen LogP contribution in [-0.2, 0) is 4.79 Å². The first-order valence-corrected chi connectivity index (χ1v) is 8.89. The van der Waals surface area contributed by atoms with Gasteiger partial charge in [-0.3, -0.25) is 14.6 Å². The summed E-state index contributed by atoms with van der Waals surface area (Å²) in [5.41, 5.74) is -0.172. The van der Waals surface area contributed by atoms with Crippen molar-refractivity contribution < 1.29 is 18.7 Å². The van der Waals surface area contributed by atoms with E-state index < -0.39 is 5.82 Å². The molecule has 3 aliphatic rings. The van der Waals surface area contributed by atoms with Gasteiger partial charge in [-0.05, 0) is 43.5 Å². The lowest BCUT2D eigenvalue weighted by atomic mass is 9.44. The molecule has 3 fully saturated rings. The molecule has 2 N–H and O–H groups in total. The molecule has 8 heteroatoms. The van der Waals surface area contributed by atoms with Gasteiger partial charge in [0.05, 0.1) is 5.02 Å². The highest BCUT2D eigenvalue weighted by Gasteiger charge is 2.69. The van der Waals surface area contributed by atoms with Crippen molar-refractivity contribution in [2.75, 3.05) is 6.61 Å². The number of hydrogen-bond acceptors (Lipinski definition) is 4. The number of nitrogens with one attached hydrogen (secondary N) is 2. The lowest BCUT2D eigenvalue weighted by Gasteiger charge is -2.70. The van der Waals surface area contributed by atoms with Crippen LogP contribution in [0.1, 0.15) is 29.8 Å². The van der Waals surface area contributed by atoms with E-state index >= 15 is 0 Å². The van der Waals surface area contributed by atoms with Gasteiger partial charge in [0, 0.05) is 23.3 Å². The standard InChI is InChI=1S/C19H17ClFN3O3/c20-13-5-4-12(7-14(13)21)27-8-16(25)23-18-9-19(10-18,11-18)24-17(26)15-3-1-2-6-22-15/h1-7H,8-11H2,(H,23,25)(H,24,26). The van der Waals surface area contributed by atoms with Crippen molar-refractivity contribution in [2.24, 2.45) is 0 Å². The maximum atomic E-state index is 13.4. The first-order valence-electron chi connectivity index (χ1n) is 8.51. The Hall–Kier alpha value is -2.67. The van der Waals surface area contributed by atoms with Crippen LogP contribution < -0.4 is 15.4 Å². The Morgan fingerprint density at radius 2 is 1.89 bits per heavy atom. The third-order valence-corrected chi connectivity index (χ3v) is 5.28. The van der Waals surface area contributed by atoms with E-state index in [-0.39, 0.29) is 40.3 Å². The number of benzene rings is 1. The fourth-order valence-corrected chi connectivity index (χ4v) is 4.02. The van der Waals surface area contributed by atoms with Crippen LogP contribution in [0.3, 0.4) is 0 Å². The summed E-state index contributed by atoms with van der Waals surface area (Å²) in [6.45, 7) is -0.212. The van der Waals surface area contributed by atoms with E-state index in [1.807, 2.05) is 0 Å². The van der Waals surface area contributed by atoms with Crippen LogP contribution in [0.25, 0.3) is 0 Å². The number of carbonyl (C=O) groups is 2. The Balaban J connectivity index is 1.24. The Morgan fingerprint density at radius 1 is 1.15 bits per heavy atom. The molecule has 2 aromatic rings. The Bertz CT molecular complexity index is 887. The summed E-state index contributed by atoms with van der Waals surface area (Å²) in [6.07, 6.45) is 3.62. The predicted molar refractivity (Wildman–Crippen MR) is 96.1 cm³/mol. The van der Waals surface area contributed by atoms with E-state index in [4.69, 9.17) is 16.3 Å². The average molecular weight is 390 g/mol. The van der Waals surface area contributed by atoms with Gasteiger partial charge < -0.3 is 15.4 Å². The van der Waals surface area contributed by atoms with Crippen molar-refractivity contribution in [3.05, 3.63) is 59.1 Å². The van der Waals surface area contributed by atoms with Crippen LogP contribution in [0.4, 0.5) is 4.39 Å². The molecule has 1 aromatic heterocycles. The highest BCUT2D eigenvalue weighted by atomic mass is 35.5. The molecule has 0 aliphatic heterocycles. The Morgan fingerprint density at radius 3 is 2.56 bits per heavy atom. The number of rotatable bonds is 6. The molecular formula is C19H17ClFN3O3. The molecule has 3 saturated carbocycles. The molecule has 2 amide bonds. The smallest absolute Gasteiger partial charge is 0.270 e. The van der Waals surface area contributed by atoms with E-state index in [0.717, 1.165) is 6.07 Å². The van der Waals surface area contributed by atoms with Crippen LogP contribution in [-0.4, -0.2) is 34.5 Å². The van der Waals surface area contributed by atoms with Gasteiger partial charge in [-0.15, -0.1) is 0 Å². The van der Waals surface area contributed by atoms with Gasteiger partial charge in [0.15, 0.2) is 6.61 Å². The monoisotopic (exact) mass is 389 g/mol. The molecule has 0 spiro atoms. The predicted octanol–water partition coefficient (Wildman–Crippen LogP) is 2.47. The summed E-state index contributed by atoms with van der Waals surface area (Å²) in [6, 6.07) is 9.19. The molecule has 3 aliphatic carbocycles. The first-order chi connectivity index (χ1) is 12.9. The second-order valence-corrected chi connectivity index (χ2v) is 7.58. The minimum atomic E-state index is -0.598. The molecular weight excluding hydrogens is 373 g/mol. The number of carbonyl (C=O) groups excluding carboxylic acids is 2. The zero-order chi connectivity index (χ0) is 19.1. The molecule has 0 saturated heterocycles. The van der Waals surface area contributed by atoms with Crippen molar-refractivity contribution in [2.45, 2.75) is 30.3 Å². The summed E-state index contributed by atoms with van der Waals surface area (Å²) in [4.78, 5) is 28.3. The van der Waals surface area contributed by atoms with Gasteiger partial charge in [0.25, 0.3) is 11.8 Å². The lowest BCUT2D eigenvalue weighted by Crippen LogP contribution is -2.84. The minimum Gasteiger partial charge on any atom is -0.484 e. The van der Waals surface area contributed by atoms with Crippen molar-refractivity contribution in [1.82, 2.24) is 15.6 Å². The normalized spacial score (nSPS) is 25.0. The van der Waals surface area contributed by atoms with Gasteiger partial charge in [0.2, 0.25) is 0 Å². The summed E-state index contributed by atoms with van der Waals surface area (Å²) in [5, 5.41) is 5.95. The summed E-state index contributed by atoms with van der Waals surface area (Å²) in [7, 11) is 0. The third-order valence-electron chi connectivity index (χ3n) is 4.97. The third kappa shape index (κ3) is 3.47. The number of halogens is 2. The zero-order valence-corrected chi connectivity index (χ0v) is 15.1. The highest BCUT2D eigenvalue weighted by molar-refractivity contribution is 6.30. The van der Waals surface area contributed by atoms with Gasteiger partial charge in [-0.1, -0.05) is 17.7 Å². The highest BCUT2D eigenvalue weighted by Crippen LogP contribution is 2.60. The SMILES string of the molecule is O=C(COc1ccc(Cl)c(F)c1)NC12CC(NC(=O)c3ccccn3)(C1)C2. The number of amides is 2. The van der Waals surface area contributed by atoms with Crippen molar-refractivity contribution >= 4 is 23.4 Å². The molecule has 0 radical (unpaired) electrons. The molecule has 1 aromatic carbocycles. The molecule has 27 heavy (non-hydrogen) atoms. The number of ether oxygens (including phenoxy) is 1. The minimum absolute atomic E-state index is 0.00119. The second-order valence-electron chi connectivity index (χ2n) is 7.17. The molecule has 0 unspecified atom stereocenters. The fraction of sp³-hybridized carbons (Fsp3) is 0.316. The van der Waals surface area contributed by atoms with Gasteiger partial charge in [-0.25, -0.2) is 4.39 Å². The largest absolute Gasteiger partial charge is 0.484 e. The molecule has 140 valence electrons. The van der Waals surface area contributed by atoms with Crippen LogP contribution >= 0.6 is 11.6 Å². The maximum absolute atomic E-state index is 13.4. The number of nitrogens with zero attached hydrogens (tertiary/aromatic N) is 1. The summed E-state index contributed by atoms with van der Waals surface area (Å²) >= 11 is 5.61. The second kappa shape index (κ2) is 6.49. The van der Waals surface area contributed by atoms with Gasteiger partial charge in [0.1, 0.15) is 17.3 Å². The number of pyridine rings is 1. The molecule has 6 nitrogen and oxygen atoms in total.